The molecule has 1 heterocycles. The number of alkyl halides is 3. The van der Waals surface area contributed by atoms with E-state index in [-0.39, 0.29) is 12.1 Å². The van der Waals surface area contributed by atoms with Gasteiger partial charge in [-0.15, -0.1) is 0 Å². The Bertz CT molecular complexity index is 1110. The van der Waals surface area contributed by atoms with Crippen molar-refractivity contribution in [2.75, 3.05) is 5.32 Å². The molecule has 0 fully saturated rings. The fourth-order valence-corrected chi connectivity index (χ4v) is 3.06. The Morgan fingerprint density at radius 3 is 2.21 bits per heavy atom. The van der Waals surface area contributed by atoms with E-state index in [9.17, 15) is 13.2 Å². The predicted octanol–water partition coefficient (Wildman–Crippen LogP) is 5.93. The summed E-state index contributed by atoms with van der Waals surface area (Å²) in [6.45, 7) is 0.00488. The Labute approximate surface area is 159 Å². The summed E-state index contributed by atoms with van der Waals surface area (Å²) < 4.78 is 39.8. The molecule has 0 amide bonds. The highest BCUT2D eigenvalue weighted by Crippen LogP contribution is 2.32. The monoisotopic (exact) mass is 379 g/mol. The van der Waals surface area contributed by atoms with Crippen molar-refractivity contribution < 1.29 is 13.2 Å². The second-order valence-corrected chi connectivity index (χ2v) is 6.29. The van der Waals surface area contributed by atoms with Crippen LogP contribution in [0.15, 0.2) is 78.9 Å². The molecule has 3 aromatic carbocycles. The molecule has 0 unspecified atom stereocenters. The van der Waals surface area contributed by atoms with Gasteiger partial charge in [0.1, 0.15) is 5.82 Å². The van der Waals surface area contributed by atoms with E-state index in [1.165, 1.54) is 12.1 Å². The van der Waals surface area contributed by atoms with Gasteiger partial charge in [0.25, 0.3) is 0 Å². The molecule has 4 aromatic rings. The molecule has 28 heavy (non-hydrogen) atoms. The van der Waals surface area contributed by atoms with Crippen LogP contribution >= 0.6 is 0 Å². The number of benzene rings is 3. The van der Waals surface area contributed by atoms with E-state index in [4.69, 9.17) is 0 Å². The van der Waals surface area contributed by atoms with Gasteiger partial charge in [0.2, 0.25) is 0 Å². The van der Waals surface area contributed by atoms with Crippen LogP contribution in [-0.2, 0) is 12.7 Å². The standard InChI is InChI=1S/C22H16F3N3/c23-22(24,25)18-12-6-4-10-16(18)14-26-21-17-11-5-7-13-19(17)27-20(28-21)15-8-2-1-3-9-15/h1-13H,14H2,(H,26,27,28). The Hall–Kier alpha value is -3.41. The lowest BCUT2D eigenvalue weighted by Gasteiger charge is -2.15. The van der Waals surface area contributed by atoms with Crippen molar-refractivity contribution in [2.45, 2.75) is 12.7 Å². The Kier molecular flexibility index (Phi) is 4.69. The fraction of sp³-hybridized carbons (Fsp3) is 0.0909. The van der Waals surface area contributed by atoms with Gasteiger partial charge >= 0.3 is 6.18 Å². The van der Waals surface area contributed by atoms with E-state index < -0.39 is 11.7 Å². The minimum Gasteiger partial charge on any atom is -0.365 e. The third kappa shape index (κ3) is 3.67. The zero-order valence-corrected chi connectivity index (χ0v) is 14.7. The highest BCUT2D eigenvalue weighted by Gasteiger charge is 2.32. The average Bonchev–Trinajstić information content (AvgIpc) is 2.72. The van der Waals surface area contributed by atoms with Crippen LogP contribution in [-0.4, -0.2) is 9.97 Å². The van der Waals surface area contributed by atoms with Crippen molar-refractivity contribution in [1.82, 2.24) is 9.97 Å². The number of nitrogens with zero attached hydrogens (tertiary/aromatic N) is 2. The van der Waals surface area contributed by atoms with Crippen molar-refractivity contribution >= 4 is 16.7 Å². The van der Waals surface area contributed by atoms with Gasteiger partial charge in [-0.2, -0.15) is 13.2 Å². The van der Waals surface area contributed by atoms with Crippen molar-refractivity contribution in [1.29, 1.82) is 0 Å². The molecule has 1 aromatic heterocycles. The van der Waals surface area contributed by atoms with Crippen LogP contribution in [0.4, 0.5) is 19.0 Å². The van der Waals surface area contributed by atoms with Gasteiger partial charge in [-0.1, -0.05) is 60.7 Å². The maximum absolute atomic E-state index is 13.3. The molecule has 1 N–H and O–H groups in total. The second-order valence-electron chi connectivity index (χ2n) is 6.29. The normalized spacial score (nSPS) is 11.5. The van der Waals surface area contributed by atoms with Crippen LogP contribution in [0, 0.1) is 0 Å². The van der Waals surface area contributed by atoms with Crippen molar-refractivity contribution in [2.24, 2.45) is 0 Å². The van der Waals surface area contributed by atoms with Gasteiger partial charge in [0.15, 0.2) is 5.82 Å². The molecule has 140 valence electrons. The van der Waals surface area contributed by atoms with Gasteiger partial charge in [-0.3, -0.25) is 0 Å². The molecule has 0 aliphatic heterocycles. The number of nitrogens with one attached hydrogen (secondary N) is 1. The second kappa shape index (κ2) is 7.31. The summed E-state index contributed by atoms with van der Waals surface area (Å²) in [5.41, 5.74) is 1.08. The molecular formula is C22H16F3N3. The fourth-order valence-electron chi connectivity index (χ4n) is 3.06. The number of halogens is 3. The maximum Gasteiger partial charge on any atom is 0.416 e. The number of hydrogen-bond donors (Lipinski definition) is 1. The molecule has 0 saturated carbocycles. The number of fused-ring (bicyclic) bond motifs is 1. The van der Waals surface area contributed by atoms with Gasteiger partial charge in [0, 0.05) is 17.5 Å². The topological polar surface area (TPSA) is 37.8 Å². The smallest absolute Gasteiger partial charge is 0.365 e. The molecule has 3 nitrogen and oxygen atoms in total. The van der Waals surface area contributed by atoms with Crippen LogP contribution in [0.3, 0.4) is 0 Å². The highest BCUT2D eigenvalue weighted by atomic mass is 19.4. The number of rotatable bonds is 4. The zero-order valence-electron chi connectivity index (χ0n) is 14.7. The predicted molar refractivity (Wildman–Crippen MR) is 104 cm³/mol. The zero-order chi connectivity index (χ0) is 19.6. The summed E-state index contributed by atoms with van der Waals surface area (Å²) >= 11 is 0. The molecule has 0 radical (unpaired) electrons. The van der Waals surface area contributed by atoms with Crippen LogP contribution in [0.25, 0.3) is 22.3 Å². The molecule has 0 aliphatic carbocycles. The van der Waals surface area contributed by atoms with Crippen molar-refractivity contribution in [3.63, 3.8) is 0 Å². The molecule has 4 rings (SSSR count). The summed E-state index contributed by atoms with van der Waals surface area (Å²) in [4.78, 5) is 9.16. The van der Waals surface area contributed by atoms with E-state index in [0.29, 0.717) is 11.6 Å². The van der Waals surface area contributed by atoms with Crippen LogP contribution in [0.2, 0.25) is 0 Å². The van der Waals surface area contributed by atoms with Crippen LogP contribution < -0.4 is 5.32 Å². The van der Waals surface area contributed by atoms with Crippen LogP contribution in [0.1, 0.15) is 11.1 Å². The third-order valence-corrected chi connectivity index (χ3v) is 4.40. The minimum absolute atomic E-state index is 0.00488. The number of hydrogen-bond acceptors (Lipinski definition) is 3. The summed E-state index contributed by atoms with van der Waals surface area (Å²) in [6.07, 6.45) is -4.40. The van der Waals surface area contributed by atoms with E-state index in [2.05, 4.69) is 15.3 Å². The molecule has 0 spiro atoms. The average molecular weight is 379 g/mol. The maximum atomic E-state index is 13.3. The Morgan fingerprint density at radius 2 is 1.43 bits per heavy atom. The summed E-state index contributed by atoms with van der Waals surface area (Å²) in [5, 5.41) is 3.83. The Balaban J connectivity index is 1.73. The van der Waals surface area contributed by atoms with E-state index >= 15 is 0 Å². The molecule has 0 bridgehead atoms. The van der Waals surface area contributed by atoms with Gasteiger partial charge < -0.3 is 5.32 Å². The lowest BCUT2D eigenvalue weighted by molar-refractivity contribution is -0.138. The van der Waals surface area contributed by atoms with Gasteiger partial charge in [0.05, 0.1) is 11.1 Å². The third-order valence-electron chi connectivity index (χ3n) is 4.40. The largest absolute Gasteiger partial charge is 0.416 e. The number of anilines is 1. The molecule has 6 heteroatoms. The van der Waals surface area contributed by atoms with Gasteiger partial charge in [-0.05, 0) is 23.8 Å². The lowest BCUT2D eigenvalue weighted by atomic mass is 10.1. The van der Waals surface area contributed by atoms with Gasteiger partial charge in [-0.25, -0.2) is 9.97 Å². The minimum atomic E-state index is -4.40. The van der Waals surface area contributed by atoms with Crippen molar-refractivity contribution in [3.05, 3.63) is 90.0 Å². The van der Waals surface area contributed by atoms with E-state index in [0.717, 1.165) is 22.5 Å². The SMILES string of the molecule is FC(F)(F)c1ccccc1CNc1nc(-c2ccccc2)nc2ccccc12. The molecule has 0 atom stereocenters. The first-order chi connectivity index (χ1) is 13.5. The first kappa shape index (κ1) is 18.0. The highest BCUT2D eigenvalue weighted by molar-refractivity contribution is 5.90. The number of aromatic nitrogens is 2. The summed E-state index contributed by atoms with van der Waals surface area (Å²) in [5.74, 6) is 1.02. The molecule has 0 saturated heterocycles. The first-order valence-corrected chi connectivity index (χ1v) is 8.73. The Morgan fingerprint density at radius 1 is 0.750 bits per heavy atom. The summed E-state index contributed by atoms with van der Waals surface area (Å²) in [6, 6.07) is 22.4. The van der Waals surface area contributed by atoms with E-state index in [1.54, 1.807) is 6.07 Å². The lowest BCUT2D eigenvalue weighted by Crippen LogP contribution is -2.12. The molecule has 0 aliphatic rings. The number of para-hydroxylation sites is 1. The quantitative estimate of drug-likeness (QED) is 0.478. The van der Waals surface area contributed by atoms with Crippen LogP contribution in [0.5, 0.6) is 0 Å². The first-order valence-electron chi connectivity index (χ1n) is 8.73. The molecular weight excluding hydrogens is 363 g/mol. The van der Waals surface area contributed by atoms with E-state index in [1.807, 2.05) is 54.6 Å². The van der Waals surface area contributed by atoms with Crippen molar-refractivity contribution in [3.8, 4) is 11.4 Å². The summed E-state index contributed by atoms with van der Waals surface area (Å²) in [7, 11) is 0.